The normalized spacial score (nSPS) is 15.4. The molecule has 1 fully saturated rings. The van der Waals surface area contributed by atoms with Gasteiger partial charge in [0.05, 0.1) is 19.0 Å². The van der Waals surface area contributed by atoms with E-state index in [1.807, 2.05) is 12.1 Å². The zero-order valence-corrected chi connectivity index (χ0v) is 25.5. The Labute approximate surface area is 259 Å². The molecule has 1 aromatic heterocycles. The lowest BCUT2D eigenvalue weighted by molar-refractivity contribution is -0.146. The van der Waals surface area contributed by atoms with Crippen molar-refractivity contribution in [1.82, 2.24) is 20.5 Å². The number of carbonyl (C=O) groups excluding carboxylic acids is 4. The van der Waals surface area contributed by atoms with Gasteiger partial charge in [0.2, 0.25) is 11.8 Å². The minimum absolute atomic E-state index is 0.211. The maximum atomic E-state index is 14.0. The molecule has 0 saturated heterocycles. The molecule has 1 heterocycles. The molecule has 1 aliphatic carbocycles. The zero-order valence-electron chi connectivity index (χ0n) is 25.5. The largest absolute Gasteiger partial charge is 0.481 e. The van der Waals surface area contributed by atoms with Gasteiger partial charge in [-0.05, 0) is 61.8 Å². The topological polar surface area (TPSA) is 172 Å². The first kappa shape index (κ1) is 34.4. The number of nitrogens with zero attached hydrogens (tertiary/aromatic N) is 2. The SMILES string of the molecule is CCN(CC(=O)N[C@@](Cc1ccccc1)(C(=O)NCC1CCCCC1)C(=O)[C@@H](N)CC(=O)O)C(=O)CCCc1ccncc1. The number of nitrogens with one attached hydrogen (secondary N) is 2. The Morgan fingerprint density at radius 2 is 1.70 bits per heavy atom. The van der Waals surface area contributed by atoms with Gasteiger partial charge < -0.3 is 26.4 Å². The van der Waals surface area contributed by atoms with Crippen LogP contribution in [0.5, 0.6) is 0 Å². The number of carboxylic acids is 1. The summed E-state index contributed by atoms with van der Waals surface area (Å²) >= 11 is 0. The third-order valence-corrected chi connectivity index (χ3v) is 8.15. The molecule has 0 unspecified atom stereocenters. The minimum Gasteiger partial charge on any atom is -0.481 e. The van der Waals surface area contributed by atoms with E-state index in [9.17, 15) is 29.1 Å². The summed E-state index contributed by atoms with van der Waals surface area (Å²) in [4.78, 5) is 71.4. The van der Waals surface area contributed by atoms with Gasteiger partial charge in [0.25, 0.3) is 5.91 Å². The van der Waals surface area contributed by atoms with E-state index in [1.165, 1.54) is 4.90 Å². The van der Waals surface area contributed by atoms with E-state index in [-0.39, 0.29) is 37.8 Å². The highest BCUT2D eigenvalue weighted by Gasteiger charge is 2.49. The van der Waals surface area contributed by atoms with E-state index in [4.69, 9.17) is 5.73 Å². The number of Topliss-reactive ketones (excluding diaryl/α,β-unsaturated/α-hetero) is 1. The molecule has 0 aliphatic heterocycles. The zero-order chi connectivity index (χ0) is 32.0. The van der Waals surface area contributed by atoms with E-state index < -0.39 is 41.6 Å². The summed E-state index contributed by atoms with van der Waals surface area (Å²) in [5.41, 5.74) is 5.51. The van der Waals surface area contributed by atoms with Crippen LogP contribution in [0, 0.1) is 5.92 Å². The predicted octanol–water partition coefficient (Wildman–Crippen LogP) is 2.42. The second-order valence-corrected chi connectivity index (χ2v) is 11.5. The number of aryl methyl sites for hydroxylation is 1. The molecule has 3 rings (SSSR count). The summed E-state index contributed by atoms with van der Waals surface area (Å²) in [6, 6.07) is 10.9. The summed E-state index contributed by atoms with van der Waals surface area (Å²) in [5.74, 6) is -3.65. The molecule has 3 amide bonds. The molecule has 11 heteroatoms. The smallest absolute Gasteiger partial charge is 0.305 e. The third kappa shape index (κ3) is 10.3. The van der Waals surface area contributed by atoms with Crippen molar-refractivity contribution >= 4 is 29.5 Å². The highest BCUT2D eigenvalue weighted by molar-refractivity contribution is 6.15. The standard InChI is InChI=1S/C33H45N5O6/c1-2-38(29(40)15-9-14-24-16-18-35-19-17-24)23-28(39)37-33(21-25-10-5-3-6-11-25,31(43)27(34)20-30(41)42)32(44)36-22-26-12-7-4-8-13-26/h3,5-6,10-11,16-19,26-27H,2,4,7-9,12-15,20-23,34H2,1H3,(H,36,44)(H,37,39)(H,41,42)/t27-,33+/m0/s1. The Bertz CT molecular complexity index is 1250. The maximum absolute atomic E-state index is 14.0. The van der Waals surface area contributed by atoms with Crippen LogP contribution in [0.2, 0.25) is 0 Å². The molecule has 0 spiro atoms. The highest BCUT2D eigenvalue weighted by Crippen LogP contribution is 2.24. The van der Waals surface area contributed by atoms with Gasteiger partial charge in [0.1, 0.15) is 0 Å². The first-order valence-electron chi connectivity index (χ1n) is 15.5. The first-order valence-corrected chi connectivity index (χ1v) is 15.5. The molecule has 0 bridgehead atoms. The number of ketones is 1. The number of hydrogen-bond donors (Lipinski definition) is 4. The number of hydrogen-bond acceptors (Lipinski definition) is 7. The number of rotatable bonds is 17. The van der Waals surface area contributed by atoms with Crippen molar-refractivity contribution < 1.29 is 29.1 Å². The molecule has 2 atom stereocenters. The van der Waals surface area contributed by atoms with Crippen LogP contribution in [0.4, 0.5) is 0 Å². The van der Waals surface area contributed by atoms with Crippen LogP contribution in [0.15, 0.2) is 54.9 Å². The molecule has 11 nitrogen and oxygen atoms in total. The van der Waals surface area contributed by atoms with E-state index in [0.717, 1.165) is 37.7 Å². The van der Waals surface area contributed by atoms with Crippen molar-refractivity contribution in [1.29, 1.82) is 0 Å². The molecule has 1 aliphatic rings. The van der Waals surface area contributed by atoms with Gasteiger partial charge >= 0.3 is 5.97 Å². The number of benzene rings is 1. The number of likely N-dealkylation sites (N-methyl/N-ethyl adjacent to an activating group) is 1. The van der Waals surface area contributed by atoms with Crippen LogP contribution < -0.4 is 16.4 Å². The number of carboxylic acid groups (broad SMARTS) is 1. The summed E-state index contributed by atoms with van der Waals surface area (Å²) in [5, 5.41) is 14.9. The van der Waals surface area contributed by atoms with Gasteiger partial charge in [0, 0.05) is 38.3 Å². The van der Waals surface area contributed by atoms with Gasteiger partial charge in [-0.3, -0.25) is 29.0 Å². The van der Waals surface area contributed by atoms with E-state index in [1.54, 1.807) is 49.6 Å². The molecule has 0 radical (unpaired) electrons. The fourth-order valence-electron chi connectivity index (χ4n) is 5.70. The maximum Gasteiger partial charge on any atom is 0.305 e. The Balaban J connectivity index is 1.83. The number of amides is 3. The van der Waals surface area contributed by atoms with Gasteiger partial charge in [-0.25, -0.2) is 0 Å². The summed E-state index contributed by atoms with van der Waals surface area (Å²) in [7, 11) is 0. The highest BCUT2D eigenvalue weighted by atomic mass is 16.4. The predicted molar refractivity (Wildman–Crippen MR) is 165 cm³/mol. The average Bonchev–Trinajstić information content (AvgIpc) is 3.02. The molecule has 238 valence electrons. The van der Waals surface area contributed by atoms with Gasteiger partial charge in [-0.2, -0.15) is 0 Å². The van der Waals surface area contributed by atoms with Crippen molar-refractivity contribution in [2.75, 3.05) is 19.6 Å². The molecule has 1 saturated carbocycles. The summed E-state index contributed by atoms with van der Waals surface area (Å²) in [6.07, 6.45) is 9.04. The van der Waals surface area contributed by atoms with Crippen molar-refractivity contribution in [3.63, 3.8) is 0 Å². The number of nitrogens with two attached hydrogens (primary N) is 1. The number of aromatic nitrogens is 1. The van der Waals surface area contributed by atoms with Crippen molar-refractivity contribution in [2.24, 2.45) is 11.7 Å². The molecule has 2 aromatic rings. The first-order chi connectivity index (χ1) is 21.1. The van der Waals surface area contributed by atoms with Crippen molar-refractivity contribution in [3.8, 4) is 0 Å². The lowest BCUT2D eigenvalue weighted by atomic mass is 9.81. The quantitative estimate of drug-likeness (QED) is 0.199. The van der Waals surface area contributed by atoms with Crippen LogP contribution in [0.3, 0.4) is 0 Å². The average molecular weight is 608 g/mol. The van der Waals surface area contributed by atoms with Crippen LogP contribution in [-0.2, 0) is 36.8 Å². The van der Waals surface area contributed by atoms with Crippen molar-refractivity contribution in [2.45, 2.75) is 82.7 Å². The van der Waals surface area contributed by atoms with Crippen LogP contribution in [0.25, 0.3) is 0 Å². The molecule has 5 N–H and O–H groups in total. The summed E-state index contributed by atoms with van der Waals surface area (Å²) in [6.45, 7) is 1.94. The van der Waals surface area contributed by atoms with Crippen molar-refractivity contribution in [3.05, 3.63) is 66.0 Å². The molecule has 44 heavy (non-hydrogen) atoms. The van der Waals surface area contributed by atoms with Crippen LogP contribution in [-0.4, -0.2) is 75.7 Å². The fraction of sp³-hybridized carbons (Fsp3) is 0.515. The summed E-state index contributed by atoms with van der Waals surface area (Å²) < 4.78 is 0. The fourth-order valence-corrected chi connectivity index (χ4v) is 5.70. The van der Waals surface area contributed by atoms with E-state index in [0.29, 0.717) is 24.9 Å². The Morgan fingerprint density at radius 3 is 2.34 bits per heavy atom. The van der Waals surface area contributed by atoms with Gasteiger partial charge in [-0.15, -0.1) is 0 Å². The van der Waals surface area contributed by atoms with Gasteiger partial charge in [-0.1, -0.05) is 49.6 Å². The number of carbonyl (C=O) groups is 5. The minimum atomic E-state index is -2.17. The van der Waals surface area contributed by atoms with Crippen LogP contribution in [0.1, 0.15) is 69.4 Å². The monoisotopic (exact) mass is 607 g/mol. The van der Waals surface area contributed by atoms with E-state index >= 15 is 0 Å². The van der Waals surface area contributed by atoms with Crippen LogP contribution >= 0.6 is 0 Å². The number of aliphatic carboxylic acids is 1. The Morgan fingerprint density at radius 1 is 1.02 bits per heavy atom. The second-order valence-electron chi connectivity index (χ2n) is 11.5. The Kier molecular flexibility index (Phi) is 13.5. The molecule has 1 aromatic carbocycles. The third-order valence-electron chi connectivity index (χ3n) is 8.15. The Hall–Kier alpha value is -4.12. The van der Waals surface area contributed by atoms with Gasteiger partial charge in [0.15, 0.2) is 11.3 Å². The molecular weight excluding hydrogens is 562 g/mol. The van der Waals surface area contributed by atoms with E-state index in [2.05, 4.69) is 15.6 Å². The molecular formula is C33H45N5O6. The lowest BCUT2D eigenvalue weighted by Crippen LogP contribution is -2.69. The second kappa shape index (κ2) is 17.2. The number of pyridine rings is 1. The lowest BCUT2D eigenvalue weighted by Gasteiger charge is -2.35.